The van der Waals surface area contributed by atoms with Crippen LogP contribution in [0.2, 0.25) is 0 Å². The third-order valence-corrected chi connectivity index (χ3v) is 6.54. The number of nitrogens with zero attached hydrogens (tertiary/aromatic N) is 2. The van der Waals surface area contributed by atoms with Crippen molar-refractivity contribution in [1.82, 2.24) is 9.21 Å². The highest BCUT2D eigenvalue weighted by atomic mass is 32.2. The van der Waals surface area contributed by atoms with Gasteiger partial charge in [-0.1, -0.05) is 30.3 Å². The number of hydrogen-bond donors (Lipinski definition) is 0. The lowest BCUT2D eigenvalue weighted by Crippen LogP contribution is -2.51. The van der Waals surface area contributed by atoms with Gasteiger partial charge in [0.1, 0.15) is 11.3 Å². The van der Waals surface area contributed by atoms with Gasteiger partial charge in [0.15, 0.2) is 6.61 Å². The number of para-hydroxylation sites is 1. The Morgan fingerprint density at radius 2 is 1.55 bits per heavy atom. The van der Waals surface area contributed by atoms with E-state index in [4.69, 9.17) is 9.47 Å². The van der Waals surface area contributed by atoms with E-state index in [0.717, 1.165) is 0 Å². The van der Waals surface area contributed by atoms with Crippen LogP contribution < -0.4 is 4.74 Å². The second-order valence-corrected chi connectivity index (χ2v) is 8.31. The van der Waals surface area contributed by atoms with Crippen LogP contribution in [0.25, 0.3) is 0 Å². The summed E-state index contributed by atoms with van der Waals surface area (Å²) >= 11 is 0. The Morgan fingerprint density at radius 3 is 2.21 bits per heavy atom. The van der Waals surface area contributed by atoms with Gasteiger partial charge in [0, 0.05) is 26.2 Å². The van der Waals surface area contributed by atoms with E-state index < -0.39 is 22.6 Å². The third kappa shape index (κ3) is 4.75. The summed E-state index contributed by atoms with van der Waals surface area (Å²) in [5.41, 5.74) is 0.238. The van der Waals surface area contributed by atoms with Gasteiger partial charge in [-0.3, -0.25) is 4.79 Å². The summed E-state index contributed by atoms with van der Waals surface area (Å²) in [4.78, 5) is 26.3. The molecule has 0 aromatic heterocycles. The van der Waals surface area contributed by atoms with Crippen LogP contribution in [0.15, 0.2) is 59.5 Å². The summed E-state index contributed by atoms with van der Waals surface area (Å²) in [5, 5.41) is 0. The van der Waals surface area contributed by atoms with E-state index in [1.54, 1.807) is 54.6 Å². The molecule has 1 aliphatic rings. The molecule has 8 nitrogen and oxygen atoms in total. The van der Waals surface area contributed by atoms with Crippen molar-refractivity contribution >= 4 is 21.9 Å². The maximum atomic E-state index is 12.6. The predicted molar refractivity (Wildman–Crippen MR) is 105 cm³/mol. The SMILES string of the molecule is COc1ccccc1C(=O)OCC(=O)N1CCN(S(=O)(=O)c2ccccc2)CC1. The highest BCUT2D eigenvalue weighted by Crippen LogP contribution is 2.19. The van der Waals surface area contributed by atoms with Crippen LogP contribution in [0.4, 0.5) is 0 Å². The molecule has 9 heteroatoms. The minimum Gasteiger partial charge on any atom is -0.496 e. The summed E-state index contributed by atoms with van der Waals surface area (Å²) in [6.45, 7) is 0.420. The molecule has 1 heterocycles. The second kappa shape index (κ2) is 9.06. The van der Waals surface area contributed by atoms with Crippen molar-refractivity contribution in [2.75, 3.05) is 39.9 Å². The van der Waals surface area contributed by atoms with Crippen LogP contribution >= 0.6 is 0 Å². The molecular formula is C20H22N2O6S. The zero-order valence-electron chi connectivity index (χ0n) is 16.0. The summed E-state index contributed by atoms with van der Waals surface area (Å²) in [7, 11) is -2.14. The number of carbonyl (C=O) groups is 2. The number of sulfonamides is 1. The van der Waals surface area contributed by atoms with Gasteiger partial charge in [0.05, 0.1) is 12.0 Å². The molecule has 0 N–H and O–H groups in total. The first kappa shape index (κ1) is 20.8. The Hall–Kier alpha value is -2.91. The number of methoxy groups -OCH3 is 1. The Balaban J connectivity index is 1.53. The lowest BCUT2D eigenvalue weighted by molar-refractivity contribution is -0.135. The van der Waals surface area contributed by atoms with Crippen molar-refractivity contribution in [3.63, 3.8) is 0 Å². The van der Waals surface area contributed by atoms with E-state index in [2.05, 4.69) is 0 Å². The molecule has 2 aromatic rings. The summed E-state index contributed by atoms with van der Waals surface area (Å²) in [6.07, 6.45) is 0. The number of rotatable bonds is 6. The minimum atomic E-state index is -3.58. The normalized spacial score (nSPS) is 15.0. The van der Waals surface area contributed by atoms with E-state index in [1.807, 2.05) is 0 Å². The van der Waals surface area contributed by atoms with Crippen LogP contribution in [-0.2, 0) is 19.6 Å². The highest BCUT2D eigenvalue weighted by molar-refractivity contribution is 7.89. The van der Waals surface area contributed by atoms with Gasteiger partial charge >= 0.3 is 5.97 Å². The molecule has 29 heavy (non-hydrogen) atoms. The zero-order chi connectivity index (χ0) is 20.9. The Labute approximate surface area is 169 Å². The topological polar surface area (TPSA) is 93.2 Å². The minimum absolute atomic E-state index is 0.184. The van der Waals surface area contributed by atoms with Crippen LogP contribution in [0.3, 0.4) is 0 Å². The van der Waals surface area contributed by atoms with Crippen LogP contribution in [0.5, 0.6) is 5.75 Å². The molecule has 1 amide bonds. The maximum absolute atomic E-state index is 12.6. The molecule has 0 atom stereocenters. The molecule has 1 fully saturated rings. The number of hydrogen-bond acceptors (Lipinski definition) is 6. The number of carbonyl (C=O) groups excluding carboxylic acids is 2. The van der Waals surface area contributed by atoms with Crippen molar-refractivity contribution in [3.8, 4) is 5.75 Å². The predicted octanol–water partition coefficient (Wildman–Crippen LogP) is 1.39. The van der Waals surface area contributed by atoms with E-state index in [0.29, 0.717) is 5.75 Å². The van der Waals surface area contributed by atoms with Crippen molar-refractivity contribution in [1.29, 1.82) is 0 Å². The van der Waals surface area contributed by atoms with Gasteiger partial charge in [-0.15, -0.1) is 0 Å². The molecule has 0 spiro atoms. The summed E-state index contributed by atoms with van der Waals surface area (Å²) in [6, 6.07) is 14.8. The Bertz CT molecular complexity index is 969. The fourth-order valence-electron chi connectivity index (χ4n) is 3.03. The second-order valence-electron chi connectivity index (χ2n) is 6.37. The van der Waals surface area contributed by atoms with Crippen LogP contribution in [0.1, 0.15) is 10.4 Å². The molecule has 2 aromatic carbocycles. The van der Waals surface area contributed by atoms with Gasteiger partial charge in [0.25, 0.3) is 5.91 Å². The van der Waals surface area contributed by atoms with Crippen molar-refractivity contribution in [2.45, 2.75) is 4.90 Å². The number of benzene rings is 2. The maximum Gasteiger partial charge on any atom is 0.342 e. The third-order valence-electron chi connectivity index (χ3n) is 4.63. The smallest absolute Gasteiger partial charge is 0.342 e. The fourth-order valence-corrected chi connectivity index (χ4v) is 4.47. The largest absolute Gasteiger partial charge is 0.496 e. The molecule has 154 valence electrons. The first-order chi connectivity index (χ1) is 13.9. The number of piperazine rings is 1. The molecule has 1 aliphatic heterocycles. The van der Waals surface area contributed by atoms with Crippen LogP contribution in [-0.4, -0.2) is 69.4 Å². The van der Waals surface area contributed by atoms with Crippen molar-refractivity contribution < 1.29 is 27.5 Å². The van der Waals surface area contributed by atoms with Crippen LogP contribution in [0, 0.1) is 0 Å². The number of esters is 1. The summed E-state index contributed by atoms with van der Waals surface area (Å²) in [5.74, 6) is -0.657. The molecule has 0 radical (unpaired) electrons. The van der Waals surface area contributed by atoms with Gasteiger partial charge in [-0.2, -0.15) is 4.31 Å². The molecule has 1 saturated heterocycles. The molecular weight excluding hydrogens is 396 g/mol. The number of amides is 1. The molecule has 0 saturated carbocycles. The molecule has 0 aliphatic carbocycles. The highest BCUT2D eigenvalue weighted by Gasteiger charge is 2.30. The zero-order valence-corrected chi connectivity index (χ0v) is 16.8. The van der Waals surface area contributed by atoms with Crippen molar-refractivity contribution in [3.05, 3.63) is 60.2 Å². The molecule has 0 bridgehead atoms. The average molecular weight is 418 g/mol. The monoisotopic (exact) mass is 418 g/mol. The molecule has 0 unspecified atom stereocenters. The fraction of sp³-hybridized carbons (Fsp3) is 0.300. The Kier molecular flexibility index (Phi) is 6.50. The van der Waals surface area contributed by atoms with Gasteiger partial charge in [-0.25, -0.2) is 13.2 Å². The van der Waals surface area contributed by atoms with E-state index >= 15 is 0 Å². The standard InChI is InChI=1S/C20H22N2O6S/c1-27-18-10-6-5-9-17(18)20(24)28-15-19(23)21-11-13-22(14-12-21)29(25,26)16-7-3-2-4-8-16/h2-10H,11-15H2,1H3. The number of ether oxygens (including phenoxy) is 2. The lowest BCUT2D eigenvalue weighted by Gasteiger charge is -2.33. The Morgan fingerprint density at radius 1 is 0.931 bits per heavy atom. The summed E-state index contributed by atoms with van der Waals surface area (Å²) < 4.78 is 36.8. The average Bonchev–Trinajstić information content (AvgIpc) is 2.77. The van der Waals surface area contributed by atoms with Gasteiger partial charge in [0.2, 0.25) is 10.0 Å². The quantitative estimate of drug-likeness (QED) is 0.658. The van der Waals surface area contributed by atoms with Crippen molar-refractivity contribution in [2.24, 2.45) is 0 Å². The van der Waals surface area contributed by atoms with E-state index in [1.165, 1.54) is 16.3 Å². The first-order valence-corrected chi connectivity index (χ1v) is 10.5. The van der Waals surface area contributed by atoms with E-state index in [9.17, 15) is 18.0 Å². The molecule has 3 rings (SSSR count). The van der Waals surface area contributed by atoms with Gasteiger partial charge < -0.3 is 14.4 Å². The van der Waals surface area contributed by atoms with E-state index in [-0.39, 0.29) is 42.5 Å². The lowest BCUT2D eigenvalue weighted by atomic mass is 10.2. The van der Waals surface area contributed by atoms with Gasteiger partial charge in [-0.05, 0) is 24.3 Å². The first-order valence-electron chi connectivity index (χ1n) is 9.06.